The van der Waals surface area contributed by atoms with Gasteiger partial charge in [0.15, 0.2) is 23.3 Å². The summed E-state index contributed by atoms with van der Waals surface area (Å²) >= 11 is 0. The van der Waals surface area contributed by atoms with Crippen LogP contribution >= 0.6 is 9.24 Å². The summed E-state index contributed by atoms with van der Waals surface area (Å²) in [6.07, 6.45) is -0.160. The fourth-order valence-electron chi connectivity index (χ4n) is 0.802. The molecule has 12 heavy (non-hydrogen) atoms. The van der Waals surface area contributed by atoms with Gasteiger partial charge in [-0.3, -0.25) is 0 Å². The fourth-order valence-corrected chi connectivity index (χ4v) is 1.16. The first-order valence-electron chi connectivity index (χ1n) is 3.10. The molecule has 0 amide bonds. The van der Waals surface area contributed by atoms with Crippen molar-refractivity contribution in [1.82, 2.24) is 0 Å². The third-order valence-electron chi connectivity index (χ3n) is 1.41. The highest BCUT2D eigenvalue weighted by Gasteiger charge is 2.16. The van der Waals surface area contributed by atoms with E-state index in [0.717, 1.165) is 0 Å². The molecule has 0 bridgehead atoms. The molecule has 1 unspecified atom stereocenters. The fraction of sp³-hybridized carbons (Fsp3) is 0.143. The van der Waals surface area contributed by atoms with E-state index in [-0.39, 0.29) is 12.2 Å². The van der Waals surface area contributed by atoms with Gasteiger partial charge in [-0.1, -0.05) is 0 Å². The maximum Gasteiger partial charge on any atom is 0.165 e. The van der Waals surface area contributed by atoms with Crippen molar-refractivity contribution < 1.29 is 17.6 Å². The summed E-state index contributed by atoms with van der Waals surface area (Å²) in [4.78, 5) is 0. The molecule has 0 aliphatic rings. The van der Waals surface area contributed by atoms with Crippen LogP contribution in [0.15, 0.2) is 6.07 Å². The molecule has 1 atom stereocenters. The zero-order valence-corrected chi connectivity index (χ0v) is 7.03. The second kappa shape index (κ2) is 3.40. The second-order valence-corrected chi connectivity index (χ2v) is 2.56. The Labute approximate surface area is 68.8 Å². The summed E-state index contributed by atoms with van der Waals surface area (Å²) in [5.74, 6) is -5.40. The SMILES string of the molecule is Fc1cc(F)c(F)c(CP)c1F. The largest absolute Gasteiger partial charge is 0.204 e. The van der Waals surface area contributed by atoms with E-state index < -0.39 is 28.8 Å². The van der Waals surface area contributed by atoms with E-state index in [2.05, 4.69) is 0 Å². The van der Waals surface area contributed by atoms with E-state index in [1.807, 2.05) is 9.24 Å². The van der Waals surface area contributed by atoms with Gasteiger partial charge < -0.3 is 0 Å². The van der Waals surface area contributed by atoms with Gasteiger partial charge in [-0.05, 0) is 6.16 Å². The van der Waals surface area contributed by atoms with Crippen LogP contribution in [0, 0.1) is 23.3 Å². The second-order valence-electron chi connectivity index (χ2n) is 2.15. The molecular formula is C7H5F4P. The predicted octanol–water partition coefficient (Wildman–Crippen LogP) is 2.62. The van der Waals surface area contributed by atoms with Crippen LogP contribution < -0.4 is 0 Å². The van der Waals surface area contributed by atoms with Gasteiger partial charge in [-0.2, -0.15) is 0 Å². The van der Waals surface area contributed by atoms with Crippen molar-refractivity contribution in [3.63, 3.8) is 0 Å². The lowest BCUT2D eigenvalue weighted by molar-refractivity contribution is 0.444. The maximum atomic E-state index is 12.6. The van der Waals surface area contributed by atoms with Crippen LogP contribution in [0.5, 0.6) is 0 Å². The summed E-state index contributed by atoms with van der Waals surface area (Å²) in [5.41, 5.74) is -0.586. The summed E-state index contributed by atoms with van der Waals surface area (Å²) in [6.45, 7) is 0. The summed E-state index contributed by atoms with van der Waals surface area (Å²) in [7, 11) is 1.99. The van der Waals surface area contributed by atoms with Crippen LogP contribution in [0.2, 0.25) is 0 Å². The predicted molar refractivity (Wildman–Crippen MR) is 39.7 cm³/mol. The van der Waals surface area contributed by atoms with E-state index >= 15 is 0 Å². The molecule has 0 nitrogen and oxygen atoms in total. The number of rotatable bonds is 1. The summed E-state index contributed by atoms with van der Waals surface area (Å²) in [5, 5.41) is 0. The Morgan fingerprint density at radius 1 is 1.00 bits per heavy atom. The summed E-state index contributed by atoms with van der Waals surface area (Å²) in [6, 6.07) is 0.189. The Kier molecular flexibility index (Phi) is 2.68. The van der Waals surface area contributed by atoms with Gasteiger partial charge in [0.05, 0.1) is 0 Å². The van der Waals surface area contributed by atoms with Crippen LogP contribution in [0.1, 0.15) is 5.56 Å². The van der Waals surface area contributed by atoms with Gasteiger partial charge in [-0.15, -0.1) is 9.24 Å². The first-order chi connectivity index (χ1) is 5.57. The number of benzene rings is 1. The average molecular weight is 196 g/mol. The standard InChI is InChI=1S/C7H5F4P/c8-4-1-5(9)7(11)3(2-12)6(4)10/h1H,2,12H2. The number of halogens is 4. The molecule has 0 aliphatic heterocycles. The third kappa shape index (κ3) is 1.44. The molecular weight excluding hydrogens is 191 g/mol. The van der Waals surface area contributed by atoms with Gasteiger partial charge >= 0.3 is 0 Å². The van der Waals surface area contributed by atoms with Gasteiger partial charge in [0.2, 0.25) is 0 Å². The van der Waals surface area contributed by atoms with Crippen molar-refractivity contribution in [2.45, 2.75) is 6.16 Å². The lowest BCUT2D eigenvalue weighted by Crippen LogP contribution is -1.99. The Morgan fingerprint density at radius 2 is 1.42 bits per heavy atom. The molecule has 5 heteroatoms. The van der Waals surface area contributed by atoms with Crippen LogP contribution in [-0.4, -0.2) is 0 Å². The molecule has 1 aromatic rings. The Morgan fingerprint density at radius 3 is 1.75 bits per heavy atom. The lowest BCUT2D eigenvalue weighted by Gasteiger charge is -2.02. The molecule has 0 radical (unpaired) electrons. The minimum atomic E-state index is -1.37. The zero-order valence-electron chi connectivity index (χ0n) is 5.87. The highest BCUT2D eigenvalue weighted by atomic mass is 31.0. The van der Waals surface area contributed by atoms with Crippen molar-refractivity contribution in [1.29, 1.82) is 0 Å². The molecule has 0 aliphatic carbocycles. The lowest BCUT2D eigenvalue weighted by atomic mass is 10.2. The van der Waals surface area contributed by atoms with Crippen molar-refractivity contribution in [2.75, 3.05) is 0 Å². The number of hydrogen-bond acceptors (Lipinski definition) is 0. The molecule has 0 aromatic heterocycles. The van der Waals surface area contributed by atoms with Gasteiger partial charge in [0.1, 0.15) is 0 Å². The molecule has 0 N–H and O–H groups in total. The monoisotopic (exact) mass is 196 g/mol. The summed E-state index contributed by atoms with van der Waals surface area (Å²) < 4.78 is 50.1. The van der Waals surface area contributed by atoms with E-state index in [4.69, 9.17) is 0 Å². The normalized spacial score (nSPS) is 10.4. The highest BCUT2D eigenvalue weighted by Crippen LogP contribution is 2.21. The Balaban J connectivity index is 3.42. The first-order valence-corrected chi connectivity index (χ1v) is 3.91. The van der Waals surface area contributed by atoms with Crippen LogP contribution in [0.4, 0.5) is 17.6 Å². The topological polar surface area (TPSA) is 0 Å². The molecule has 0 spiro atoms. The highest BCUT2D eigenvalue weighted by molar-refractivity contribution is 7.15. The Bertz CT molecular complexity index is 285. The van der Waals surface area contributed by atoms with Crippen LogP contribution in [0.25, 0.3) is 0 Å². The van der Waals surface area contributed by atoms with Crippen LogP contribution in [0.3, 0.4) is 0 Å². The average Bonchev–Trinajstić information content (AvgIpc) is 2.02. The smallest absolute Gasteiger partial charge is 0.165 e. The van der Waals surface area contributed by atoms with E-state index in [1.165, 1.54) is 0 Å². The molecule has 1 rings (SSSR count). The third-order valence-corrected chi connectivity index (χ3v) is 1.82. The van der Waals surface area contributed by atoms with Crippen molar-refractivity contribution in [3.8, 4) is 0 Å². The maximum absolute atomic E-state index is 12.6. The first kappa shape index (κ1) is 9.46. The van der Waals surface area contributed by atoms with Crippen molar-refractivity contribution in [3.05, 3.63) is 34.9 Å². The molecule has 1 aromatic carbocycles. The molecule has 0 fully saturated rings. The minimum absolute atomic E-state index is 0.160. The molecule has 0 saturated heterocycles. The minimum Gasteiger partial charge on any atom is -0.204 e. The molecule has 0 saturated carbocycles. The van der Waals surface area contributed by atoms with E-state index in [9.17, 15) is 17.6 Å². The quantitative estimate of drug-likeness (QED) is 0.368. The van der Waals surface area contributed by atoms with Crippen LogP contribution in [-0.2, 0) is 6.16 Å². The molecule has 0 heterocycles. The van der Waals surface area contributed by atoms with Gasteiger partial charge in [-0.25, -0.2) is 17.6 Å². The van der Waals surface area contributed by atoms with Gasteiger partial charge in [0.25, 0.3) is 0 Å². The van der Waals surface area contributed by atoms with E-state index in [0.29, 0.717) is 0 Å². The number of hydrogen-bond donors (Lipinski definition) is 0. The zero-order chi connectivity index (χ0) is 9.30. The van der Waals surface area contributed by atoms with Crippen molar-refractivity contribution >= 4 is 9.24 Å². The Hall–Kier alpha value is -0.630. The molecule has 66 valence electrons. The van der Waals surface area contributed by atoms with Gasteiger partial charge in [0, 0.05) is 11.6 Å². The van der Waals surface area contributed by atoms with Crippen molar-refractivity contribution in [2.24, 2.45) is 0 Å². The van der Waals surface area contributed by atoms with E-state index in [1.54, 1.807) is 0 Å².